The van der Waals surface area contributed by atoms with Crippen LogP contribution in [-0.4, -0.2) is 26.9 Å². The fourth-order valence-electron chi connectivity index (χ4n) is 1.61. The maximum absolute atomic E-state index is 12.1. The predicted octanol–water partition coefficient (Wildman–Crippen LogP) is 2.45. The Balaban J connectivity index is 2.02. The molecule has 1 atom stereocenters. The summed E-state index contributed by atoms with van der Waals surface area (Å²) in [6.45, 7) is 4.65. The molecule has 0 fully saturated rings. The maximum Gasteiger partial charge on any atom is 0.261 e. The SMILES string of the molecule is CC(C)[C@H](Cn1nccn1)NC(=O)c1ccc(Cl)s1. The van der Waals surface area contributed by atoms with E-state index in [1.54, 1.807) is 29.3 Å². The largest absolute Gasteiger partial charge is 0.346 e. The molecule has 2 aromatic heterocycles. The van der Waals surface area contributed by atoms with Crippen molar-refractivity contribution in [1.29, 1.82) is 0 Å². The van der Waals surface area contributed by atoms with Crippen LogP contribution in [0.25, 0.3) is 0 Å². The lowest BCUT2D eigenvalue weighted by molar-refractivity contribution is 0.0922. The van der Waals surface area contributed by atoms with Crippen LogP contribution in [0, 0.1) is 5.92 Å². The molecule has 0 aliphatic rings. The van der Waals surface area contributed by atoms with Gasteiger partial charge in [-0.15, -0.1) is 11.3 Å². The molecule has 1 amide bonds. The van der Waals surface area contributed by atoms with Gasteiger partial charge < -0.3 is 5.32 Å². The summed E-state index contributed by atoms with van der Waals surface area (Å²) in [5.74, 6) is 0.174. The second-order valence-electron chi connectivity index (χ2n) is 4.51. The first-order valence-electron chi connectivity index (χ1n) is 5.96. The molecule has 0 spiro atoms. The number of nitrogens with one attached hydrogen (secondary N) is 1. The van der Waals surface area contributed by atoms with Crippen molar-refractivity contribution in [2.75, 3.05) is 0 Å². The van der Waals surface area contributed by atoms with E-state index < -0.39 is 0 Å². The van der Waals surface area contributed by atoms with Crippen molar-refractivity contribution >= 4 is 28.8 Å². The van der Waals surface area contributed by atoms with E-state index in [1.165, 1.54) is 11.3 Å². The Morgan fingerprint density at radius 2 is 2.11 bits per heavy atom. The molecule has 5 nitrogen and oxygen atoms in total. The van der Waals surface area contributed by atoms with Gasteiger partial charge in [0.2, 0.25) is 0 Å². The smallest absolute Gasteiger partial charge is 0.261 e. The highest BCUT2D eigenvalue weighted by molar-refractivity contribution is 7.17. The van der Waals surface area contributed by atoms with E-state index in [1.807, 2.05) is 0 Å². The van der Waals surface area contributed by atoms with Crippen molar-refractivity contribution in [3.05, 3.63) is 33.7 Å². The number of nitrogens with zero attached hydrogens (tertiary/aromatic N) is 3. The van der Waals surface area contributed by atoms with Crippen molar-refractivity contribution in [2.45, 2.75) is 26.4 Å². The van der Waals surface area contributed by atoms with Crippen molar-refractivity contribution < 1.29 is 4.79 Å². The van der Waals surface area contributed by atoms with Crippen molar-refractivity contribution in [1.82, 2.24) is 20.3 Å². The Morgan fingerprint density at radius 1 is 1.42 bits per heavy atom. The topological polar surface area (TPSA) is 59.8 Å². The fraction of sp³-hybridized carbons (Fsp3) is 0.417. The highest BCUT2D eigenvalue weighted by atomic mass is 35.5. The minimum Gasteiger partial charge on any atom is -0.346 e. The molecule has 7 heteroatoms. The van der Waals surface area contributed by atoms with Crippen molar-refractivity contribution in [3.63, 3.8) is 0 Å². The summed E-state index contributed by atoms with van der Waals surface area (Å²) in [6.07, 6.45) is 3.25. The van der Waals surface area contributed by atoms with Crippen molar-refractivity contribution in [2.24, 2.45) is 5.92 Å². The molecule has 0 saturated heterocycles. The minimum absolute atomic E-state index is 0.0271. The summed E-state index contributed by atoms with van der Waals surface area (Å²) in [7, 11) is 0. The number of amides is 1. The molecule has 2 aromatic rings. The summed E-state index contributed by atoms with van der Waals surface area (Å²) in [6, 6.07) is 3.42. The molecule has 1 N–H and O–H groups in total. The fourth-order valence-corrected chi connectivity index (χ4v) is 2.56. The van der Waals surface area contributed by atoms with E-state index in [9.17, 15) is 4.79 Å². The van der Waals surface area contributed by atoms with E-state index in [0.717, 1.165) is 0 Å². The van der Waals surface area contributed by atoms with Gasteiger partial charge in [0.1, 0.15) is 0 Å². The minimum atomic E-state index is -0.109. The van der Waals surface area contributed by atoms with Gasteiger partial charge in [-0.3, -0.25) is 4.79 Å². The van der Waals surface area contributed by atoms with Crippen LogP contribution in [0.3, 0.4) is 0 Å². The van der Waals surface area contributed by atoms with Crippen LogP contribution in [0.4, 0.5) is 0 Å². The zero-order valence-electron chi connectivity index (χ0n) is 10.7. The maximum atomic E-state index is 12.1. The van der Waals surface area contributed by atoms with E-state index in [2.05, 4.69) is 29.4 Å². The van der Waals surface area contributed by atoms with Crippen LogP contribution in [-0.2, 0) is 6.54 Å². The van der Waals surface area contributed by atoms with Crippen LogP contribution in [0.15, 0.2) is 24.5 Å². The number of thiophene rings is 1. The van der Waals surface area contributed by atoms with Gasteiger partial charge in [-0.1, -0.05) is 25.4 Å². The summed E-state index contributed by atoms with van der Waals surface area (Å²) >= 11 is 7.11. The second-order valence-corrected chi connectivity index (χ2v) is 6.23. The molecule has 0 bridgehead atoms. The predicted molar refractivity (Wildman–Crippen MR) is 75.4 cm³/mol. The van der Waals surface area contributed by atoms with Gasteiger partial charge >= 0.3 is 0 Å². The van der Waals surface area contributed by atoms with Gasteiger partial charge in [0, 0.05) is 0 Å². The average Bonchev–Trinajstić information content (AvgIpc) is 2.99. The molecule has 0 aliphatic carbocycles. The Hall–Kier alpha value is -1.40. The van der Waals surface area contributed by atoms with E-state index in [0.29, 0.717) is 15.8 Å². The third-order valence-corrected chi connectivity index (χ3v) is 3.97. The molecular formula is C12H15ClN4OS. The van der Waals surface area contributed by atoms with E-state index >= 15 is 0 Å². The summed E-state index contributed by atoms with van der Waals surface area (Å²) in [4.78, 5) is 14.3. The zero-order valence-corrected chi connectivity index (χ0v) is 12.3. The van der Waals surface area contributed by atoms with Crippen LogP contribution >= 0.6 is 22.9 Å². The summed E-state index contributed by atoms with van der Waals surface area (Å²) in [5, 5.41) is 11.1. The first kappa shape index (κ1) is 14.0. The normalized spacial score (nSPS) is 12.6. The number of aromatic nitrogens is 3. The van der Waals surface area contributed by atoms with E-state index in [-0.39, 0.29) is 17.9 Å². The Labute approximate surface area is 120 Å². The van der Waals surface area contributed by atoms with Crippen LogP contribution < -0.4 is 5.32 Å². The number of hydrogen-bond acceptors (Lipinski definition) is 4. The first-order chi connectivity index (χ1) is 9.06. The standard InChI is InChI=1S/C12H15ClN4OS/c1-8(2)9(7-17-14-5-6-15-17)16-12(18)10-3-4-11(13)19-10/h3-6,8-9H,7H2,1-2H3,(H,16,18)/t9-/m0/s1. The third-order valence-electron chi connectivity index (χ3n) is 2.74. The molecule has 0 aliphatic heterocycles. The van der Waals surface area contributed by atoms with Crippen LogP contribution in [0.5, 0.6) is 0 Å². The lowest BCUT2D eigenvalue weighted by Crippen LogP contribution is -2.41. The third kappa shape index (κ3) is 3.78. The second kappa shape index (κ2) is 6.16. The Bertz CT molecular complexity index is 538. The molecule has 2 rings (SSSR count). The highest BCUT2D eigenvalue weighted by Gasteiger charge is 2.19. The van der Waals surface area contributed by atoms with Gasteiger partial charge in [-0.25, -0.2) is 0 Å². The zero-order chi connectivity index (χ0) is 13.8. The van der Waals surface area contributed by atoms with Gasteiger partial charge in [0.25, 0.3) is 5.91 Å². The molecule has 102 valence electrons. The van der Waals surface area contributed by atoms with Gasteiger partial charge in [-0.05, 0) is 18.1 Å². The number of carbonyl (C=O) groups is 1. The van der Waals surface area contributed by atoms with Crippen molar-refractivity contribution in [3.8, 4) is 0 Å². The first-order valence-corrected chi connectivity index (χ1v) is 7.16. The summed E-state index contributed by atoms with van der Waals surface area (Å²) in [5.41, 5.74) is 0. The monoisotopic (exact) mass is 298 g/mol. The van der Waals surface area contributed by atoms with Gasteiger partial charge in [0.05, 0.1) is 34.2 Å². The average molecular weight is 299 g/mol. The van der Waals surface area contributed by atoms with Crippen LogP contribution in [0.1, 0.15) is 23.5 Å². The molecule has 0 aromatic carbocycles. The number of rotatable bonds is 5. The molecular weight excluding hydrogens is 284 g/mol. The number of hydrogen-bond donors (Lipinski definition) is 1. The summed E-state index contributed by atoms with van der Waals surface area (Å²) < 4.78 is 0.611. The number of carbonyl (C=O) groups excluding carboxylic acids is 1. The molecule has 0 unspecified atom stereocenters. The molecule has 2 heterocycles. The lowest BCUT2D eigenvalue weighted by atomic mass is 10.0. The highest BCUT2D eigenvalue weighted by Crippen LogP contribution is 2.21. The van der Waals surface area contributed by atoms with E-state index in [4.69, 9.17) is 11.6 Å². The van der Waals surface area contributed by atoms with Gasteiger partial charge in [0.15, 0.2) is 0 Å². The lowest BCUT2D eigenvalue weighted by Gasteiger charge is -2.21. The van der Waals surface area contributed by atoms with Crippen LogP contribution in [0.2, 0.25) is 4.34 Å². The number of halogens is 1. The Morgan fingerprint density at radius 3 is 2.63 bits per heavy atom. The van der Waals surface area contributed by atoms with Gasteiger partial charge in [-0.2, -0.15) is 15.0 Å². The molecule has 0 saturated carbocycles. The molecule has 19 heavy (non-hydrogen) atoms. The quantitative estimate of drug-likeness (QED) is 0.922. The Kier molecular flexibility index (Phi) is 4.55. The molecule has 0 radical (unpaired) electrons.